The number of pyridine rings is 1. The molecule has 0 radical (unpaired) electrons. The molecule has 2 aromatic rings. The van der Waals surface area contributed by atoms with E-state index >= 15 is 0 Å². The molecule has 0 bridgehead atoms. The first-order valence-electron chi connectivity index (χ1n) is 10.4. The molecule has 0 saturated carbocycles. The van der Waals surface area contributed by atoms with Gasteiger partial charge in [0, 0.05) is 30.4 Å². The lowest BCUT2D eigenvalue weighted by Gasteiger charge is -2.22. The highest BCUT2D eigenvalue weighted by Crippen LogP contribution is 2.10. The van der Waals surface area contributed by atoms with Crippen molar-refractivity contribution in [1.29, 1.82) is 0 Å². The van der Waals surface area contributed by atoms with Crippen molar-refractivity contribution in [2.45, 2.75) is 58.7 Å². The van der Waals surface area contributed by atoms with Crippen LogP contribution in [0, 0.1) is 0 Å². The summed E-state index contributed by atoms with van der Waals surface area (Å²) in [6.45, 7) is 9.13. The van der Waals surface area contributed by atoms with Gasteiger partial charge in [-0.2, -0.15) is 0 Å². The molecule has 0 unspecified atom stereocenters. The first kappa shape index (κ1) is 24.8. The second kappa shape index (κ2) is 10.3. The highest BCUT2D eigenvalue weighted by Gasteiger charge is 2.27. The molecule has 0 aliphatic carbocycles. The number of benzene rings is 1. The van der Waals surface area contributed by atoms with Gasteiger partial charge in [-0.25, -0.2) is 4.79 Å². The lowest BCUT2D eigenvalue weighted by molar-refractivity contribution is -0.142. The first-order valence-corrected chi connectivity index (χ1v) is 10.4. The molecule has 1 atom stereocenters. The van der Waals surface area contributed by atoms with Gasteiger partial charge in [0.05, 0.1) is 7.11 Å². The quantitative estimate of drug-likeness (QED) is 0.642. The van der Waals surface area contributed by atoms with Crippen LogP contribution in [-0.2, 0) is 16.0 Å². The van der Waals surface area contributed by atoms with Crippen LogP contribution in [0.2, 0.25) is 0 Å². The van der Waals surface area contributed by atoms with E-state index in [1.165, 1.54) is 19.5 Å². The molecule has 8 heteroatoms. The molecule has 0 aliphatic heterocycles. The summed E-state index contributed by atoms with van der Waals surface area (Å²) in [7, 11) is 1.23. The van der Waals surface area contributed by atoms with Crippen LogP contribution in [0.3, 0.4) is 0 Å². The van der Waals surface area contributed by atoms with Gasteiger partial charge in [0.1, 0.15) is 17.2 Å². The summed E-state index contributed by atoms with van der Waals surface area (Å²) in [5, 5.41) is 5.35. The molecule has 0 fully saturated rings. The zero-order valence-electron chi connectivity index (χ0n) is 19.4. The third kappa shape index (κ3) is 6.54. The van der Waals surface area contributed by atoms with Crippen molar-refractivity contribution in [1.82, 2.24) is 15.2 Å². The third-order valence-electron chi connectivity index (χ3n) is 4.69. The van der Waals surface area contributed by atoms with E-state index in [1.807, 2.05) is 44.2 Å². The van der Waals surface area contributed by atoms with Crippen molar-refractivity contribution in [2.75, 3.05) is 7.11 Å². The monoisotopic (exact) mass is 441 g/mol. The van der Waals surface area contributed by atoms with Crippen LogP contribution >= 0.6 is 0 Å². The number of rotatable bonds is 7. The predicted octanol–water partition coefficient (Wildman–Crippen LogP) is 2.47. The van der Waals surface area contributed by atoms with E-state index in [0.717, 1.165) is 5.56 Å². The van der Waals surface area contributed by atoms with Crippen LogP contribution < -0.4 is 16.1 Å². The summed E-state index contributed by atoms with van der Waals surface area (Å²) in [6.07, 6.45) is 3.03. The highest BCUT2D eigenvalue weighted by molar-refractivity contribution is 6.00. The Morgan fingerprint density at radius 2 is 1.56 bits per heavy atom. The van der Waals surface area contributed by atoms with E-state index in [1.54, 1.807) is 25.3 Å². The summed E-state index contributed by atoms with van der Waals surface area (Å²) in [4.78, 5) is 51.1. The van der Waals surface area contributed by atoms with E-state index in [0.29, 0.717) is 0 Å². The summed E-state index contributed by atoms with van der Waals surface area (Å²) in [5.41, 5.74) is -0.803. The maximum absolute atomic E-state index is 13.1. The molecule has 0 spiro atoms. The molecular weight excluding hydrogens is 410 g/mol. The maximum Gasteiger partial charge on any atom is 0.328 e. The molecule has 1 heterocycles. The van der Waals surface area contributed by atoms with Crippen molar-refractivity contribution < 1.29 is 19.1 Å². The fourth-order valence-corrected chi connectivity index (χ4v) is 3.05. The smallest absolute Gasteiger partial charge is 0.328 e. The molecular formula is C24H31N3O5. The molecule has 2 N–H and O–H groups in total. The van der Waals surface area contributed by atoms with Gasteiger partial charge >= 0.3 is 5.97 Å². The molecule has 8 nitrogen and oxygen atoms in total. The normalized spacial score (nSPS) is 12.2. The van der Waals surface area contributed by atoms with Gasteiger partial charge in [-0.1, -0.05) is 30.3 Å². The van der Waals surface area contributed by atoms with E-state index in [4.69, 9.17) is 4.74 Å². The predicted molar refractivity (Wildman–Crippen MR) is 122 cm³/mol. The number of hydrogen-bond donors (Lipinski definition) is 2. The molecule has 0 saturated heterocycles. The Hall–Kier alpha value is -3.42. The van der Waals surface area contributed by atoms with Crippen LogP contribution in [0.4, 0.5) is 0 Å². The molecule has 1 aromatic heterocycles. The fourth-order valence-electron chi connectivity index (χ4n) is 3.05. The topological polar surface area (TPSA) is 106 Å². The van der Waals surface area contributed by atoms with Gasteiger partial charge in [0.25, 0.3) is 11.8 Å². The number of nitrogens with one attached hydrogen (secondary N) is 2. The SMILES string of the molecule is COC(=O)[C@H](Cc1ccccc1)NC(=O)c1cn(C(C)C)cc(C(=O)NC(C)(C)C)c1=O. The molecule has 172 valence electrons. The van der Waals surface area contributed by atoms with Crippen molar-refractivity contribution in [3.63, 3.8) is 0 Å². The molecule has 2 rings (SSSR count). The molecule has 0 aliphatic rings. The van der Waals surface area contributed by atoms with Crippen LogP contribution in [0.25, 0.3) is 0 Å². The Kier molecular flexibility index (Phi) is 7.97. The largest absolute Gasteiger partial charge is 0.467 e. The summed E-state index contributed by atoms with van der Waals surface area (Å²) >= 11 is 0. The Bertz CT molecular complexity index is 1040. The molecule has 2 amide bonds. The number of amides is 2. The van der Waals surface area contributed by atoms with Crippen LogP contribution in [-0.4, -0.2) is 41.0 Å². The number of hydrogen-bond acceptors (Lipinski definition) is 5. The maximum atomic E-state index is 13.1. The van der Waals surface area contributed by atoms with Gasteiger partial charge in [0.2, 0.25) is 5.43 Å². The van der Waals surface area contributed by atoms with Crippen LogP contribution in [0.5, 0.6) is 0 Å². The van der Waals surface area contributed by atoms with Gasteiger partial charge in [0.15, 0.2) is 0 Å². The zero-order valence-corrected chi connectivity index (χ0v) is 19.4. The van der Waals surface area contributed by atoms with E-state index < -0.39 is 34.8 Å². The van der Waals surface area contributed by atoms with E-state index in [-0.39, 0.29) is 23.6 Å². The number of methoxy groups -OCH3 is 1. The Morgan fingerprint density at radius 1 is 1.00 bits per heavy atom. The van der Waals surface area contributed by atoms with Gasteiger partial charge in [-0.05, 0) is 40.2 Å². The molecule has 32 heavy (non-hydrogen) atoms. The molecule has 1 aromatic carbocycles. The summed E-state index contributed by atoms with van der Waals surface area (Å²) in [6, 6.07) is 8.04. The van der Waals surface area contributed by atoms with Crippen molar-refractivity contribution in [3.8, 4) is 0 Å². The Morgan fingerprint density at radius 3 is 2.06 bits per heavy atom. The van der Waals surface area contributed by atoms with Crippen LogP contribution in [0.15, 0.2) is 47.5 Å². The van der Waals surface area contributed by atoms with Crippen LogP contribution in [0.1, 0.15) is 66.9 Å². The number of carbonyl (C=O) groups is 3. The average Bonchev–Trinajstić information content (AvgIpc) is 2.71. The van der Waals surface area contributed by atoms with E-state index in [2.05, 4.69) is 10.6 Å². The lowest BCUT2D eigenvalue weighted by atomic mass is 10.0. The second-order valence-corrected chi connectivity index (χ2v) is 8.90. The zero-order chi connectivity index (χ0) is 24.1. The third-order valence-corrected chi connectivity index (χ3v) is 4.69. The second-order valence-electron chi connectivity index (χ2n) is 8.90. The highest BCUT2D eigenvalue weighted by atomic mass is 16.5. The standard InChI is InChI=1S/C24H31N3O5/c1-15(2)27-13-17(20(28)18(14-27)22(30)26-24(3,4)5)21(29)25-19(23(31)32-6)12-16-10-8-7-9-11-16/h7-11,13-15,19H,12H2,1-6H3,(H,25,29)(H,26,30)/t19-/m0/s1. The van der Waals surface area contributed by atoms with Crippen molar-refractivity contribution in [2.24, 2.45) is 0 Å². The number of esters is 1. The minimum absolute atomic E-state index is 0.107. The fraction of sp³-hybridized carbons (Fsp3) is 0.417. The van der Waals surface area contributed by atoms with Gasteiger partial charge < -0.3 is 19.9 Å². The number of aromatic nitrogens is 1. The summed E-state index contributed by atoms with van der Waals surface area (Å²) in [5.74, 6) is -1.95. The minimum Gasteiger partial charge on any atom is -0.467 e. The Labute approximate surface area is 188 Å². The lowest BCUT2D eigenvalue weighted by Crippen LogP contribution is -2.46. The first-order chi connectivity index (χ1) is 14.9. The van der Waals surface area contributed by atoms with Gasteiger partial charge in [-0.3, -0.25) is 14.4 Å². The number of nitrogens with zero attached hydrogens (tertiary/aromatic N) is 1. The van der Waals surface area contributed by atoms with Crippen molar-refractivity contribution >= 4 is 17.8 Å². The average molecular weight is 442 g/mol. The Balaban J connectivity index is 2.43. The van der Waals surface area contributed by atoms with Crippen molar-refractivity contribution in [3.05, 3.63) is 69.6 Å². The van der Waals surface area contributed by atoms with E-state index in [9.17, 15) is 19.2 Å². The number of carbonyl (C=O) groups excluding carboxylic acids is 3. The minimum atomic E-state index is -0.992. The number of ether oxygens (including phenoxy) is 1. The summed E-state index contributed by atoms with van der Waals surface area (Å²) < 4.78 is 6.45. The van der Waals surface area contributed by atoms with Gasteiger partial charge in [-0.15, -0.1) is 0 Å².